The third-order valence-corrected chi connectivity index (χ3v) is 4.44. The molecule has 0 amide bonds. The van der Waals surface area contributed by atoms with Crippen LogP contribution in [0.1, 0.15) is 23.2 Å². The van der Waals surface area contributed by atoms with Crippen LogP contribution in [0.2, 0.25) is 5.15 Å². The Morgan fingerprint density at radius 3 is 2.77 bits per heavy atom. The van der Waals surface area contributed by atoms with Crippen LogP contribution >= 0.6 is 11.6 Å². The summed E-state index contributed by atoms with van der Waals surface area (Å²) in [5.41, 5.74) is 11.1. The lowest BCUT2D eigenvalue weighted by molar-refractivity contribution is 0.826. The van der Waals surface area contributed by atoms with Gasteiger partial charge in [-0.05, 0) is 43.9 Å². The molecule has 3 aromatic rings. The van der Waals surface area contributed by atoms with Crippen molar-refractivity contribution in [3.05, 3.63) is 58.6 Å². The zero-order chi connectivity index (χ0) is 18.5. The van der Waals surface area contributed by atoms with Gasteiger partial charge in [-0.3, -0.25) is 0 Å². The molecule has 0 aliphatic rings. The molecule has 0 atom stereocenters. The van der Waals surface area contributed by atoms with Crippen LogP contribution < -0.4 is 11.1 Å². The molecular weight excluding hydrogens is 348 g/mol. The molecule has 2 aromatic heterocycles. The number of aromatic nitrogens is 4. The van der Waals surface area contributed by atoms with Gasteiger partial charge < -0.3 is 11.1 Å². The summed E-state index contributed by atoms with van der Waals surface area (Å²) in [6.45, 7) is 4.91. The van der Waals surface area contributed by atoms with Crippen LogP contribution in [-0.4, -0.2) is 26.5 Å². The second kappa shape index (κ2) is 8.10. The highest BCUT2D eigenvalue weighted by atomic mass is 35.5. The molecule has 0 bridgehead atoms. The van der Waals surface area contributed by atoms with Gasteiger partial charge in [0, 0.05) is 23.9 Å². The van der Waals surface area contributed by atoms with Crippen molar-refractivity contribution in [3.63, 3.8) is 0 Å². The summed E-state index contributed by atoms with van der Waals surface area (Å²) in [6, 6.07) is 9.87. The van der Waals surface area contributed by atoms with Crippen molar-refractivity contribution in [2.45, 2.75) is 26.7 Å². The summed E-state index contributed by atoms with van der Waals surface area (Å²) in [5.74, 6) is 0.975. The minimum Gasteiger partial charge on any atom is -0.370 e. The van der Waals surface area contributed by atoms with Crippen LogP contribution in [-0.2, 0) is 6.42 Å². The lowest BCUT2D eigenvalue weighted by Gasteiger charge is -2.11. The van der Waals surface area contributed by atoms with Gasteiger partial charge in [0.05, 0.1) is 5.69 Å². The summed E-state index contributed by atoms with van der Waals surface area (Å²) < 4.78 is 0. The SMILES string of the molecule is Cc1cccc(-c2cc(NCCCc3cc(Cl)ncn3)nc(N)n2)c1C. The number of anilines is 2. The lowest BCUT2D eigenvalue weighted by Crippen LogP contribution is -2.08. The second-order valence-corrected chi connectivity index (χ2v) is 6.49. The van der Waals surface area contributed by atoms with E-state index in [1.54, 1.807) is 6.07 Å². The molecule has 0 unspecified atom stereocenters. The maximum absolute atomic E-state index is 5.90. The van der Waals surface area contributed by atoms with Crippen LogP contribution in [0.15, 0.2) is 36.7 Å². The van der Waals surface area contributed by atoms with E-state index in [0.717, 1.165) is 36.3 Å². The van der Waals surface area contributed by atoms with Crippen molar-refractivity contribution in [1.29, 1.82) is 0 Å². The largest absolute Gasteiger partial charge is 0.370 e. The van der Waals surface area contributed by atoms with E-state index in [4.69, 9.17) is 17.3 Å². The molecule has 6 nitrogen and oxygen atoms in total. The first-order valence-corrected chi connectivity index (χ1v) is 8.82. The number of halogens is 1. The van der Waals surface area contributed by atoms with Gasteiger partial charge >= 0.3 is 0 Å². The smallest absolute Gasteiger partial charge is 0.222 e. The summed E-state index contributed by atoms with van der Waals surface area (Å²) in [5, 5.41) is 3.77. The number of aryl methyl sites for hydroxylation is 2. The summed E-state index contributed by atoms with van der Waals surface area (Å²) in [6.07, 6.45) is 3.17. The number of benzene rings is 1. The number of nitrogen functional groups attached to an aromatic ring is 1. The normalized spacial score (nSPS) is 10.7. The average molecular weight is 369 g/mol. The minimum absolute atomic E-state index is 0.258. The molecule has 0 saturated carbocycles. The second-order valence-electron chi connectivity index (χ2n) is 6.11. The Hall–Kier alpha value is -2.73. The van der Waals surface area contributed by atoms with Crippen molar-refractivity contribution in [1.82, 2.24) is 19.9 Å². The van der Waals surface area contributed by atoms with E-state index in [9.17, 15) is 0 Å². The molecule has 0 radical (unpaired) electrons. The number of hydrogen-bond donors (Lipinski definition) is 2. The van der Waals surface area contributed by atoms with Crippen LogP contribution in [0.4, 0.5) is 11.8 Å². The third-order valence-electron chi connectivity index (χ3n) is 4.23. The number of nitrogens with one attached hydrogen (secondary N) is 1. The first kappa shape index (κ1) is 18.1. The Morgan fingerprint density at radius 2 is 1.96 bits per heavy atom. The highest BCUT2D eigenvalue weighted by Crippen LogP contribution is 2.26. The van der Waals surface area contributed by atoms with E-state index in [1.807, 2.05) is 18.2 Å². The molecule has 0 aliphatic heterocycles. The standard InChI is InChI=1S/C19H21ClN6/c1-12-5-3-7-15(13(12)2)16-10-18(26-19(21)25-16)22-8-4-6-14-9-17(20)24-11-23-14/h3,5,7,9-11H,4,6,8H2,1-2H3,(H3,21,22,25,26). The maximum Gasteiger partial charge on any atom is 0.222 e. The Bertz CT molecular complexity index is 912. The predicted octanol–water partition coefficient (Wildman–Crippen LogP) is 3.83. The van der Waals surface area contributed by atoms with Gasteiger partial charge in [-0.25, -0.2) is 15.0 Å². The van der Waals surface area contributed by atoms with Crippen LogP contribution in [0.25, 0.3) is 11.3 Å². The Kier molecular flexibility index (Phi) is 5.63. The zero-order valence-corrected chi connectivity index (χ0v) is 15.6. The van der Waals surface area contributed by atoms with Crippen molar-refractivity contribution in [2.75, 3.05) is 17.6 Å². The van der Waals surface area contributed by atoms with Crippen LogP contribution in [0.3, 0.4) is 0 Å². The molecule has 3 rings (SSSR count). The van der Waals surface area contributed by atoms with Crippen molar-refractivity contribution >= 4 is 23.4 Å². The molecule has 2 heterocycles. The monoisotopic (exact) mass is 368 g/mol. The van der Waals surface area contributed by atoms with Gasteiger partial charge in [0.15, 0.2) is 0 Å². The van der Waals surface area contributed by atoms with Crippen molar-refractivity contribution in [3.8, 4) is 11.3 Å². The predicted molar refractivity (Wildman–Crippen MR) is 105 cm³/mol. The molecule has 1 aromatic carbocycles. The molecule has 26 heavy (non-hydrogen) atoms. The number of nitrogens with two attached hydrogens (primary N) is 1. The maximum atomic E-state index is 5.90. The molecule has 0 saturated heterocycles. The van der Waals surface area contributed by atoms with Crippen molar-refractivity contribution < 1.29 is 0 Å². The third kappa shape index (κ3) is 4.46. The summed E-state index contributed by atoms with van der Waals surface area (Å²) >= 11 is 5.87. The Morgan fingerprint density at radius 1 is 1.12 bits per heavy atom. The highest BCUT2D eigenvalue weighted by molar-refractivity contribution is 6.29. The van der Waals surface area contributed by atoms with E-state index < -0.39 is 0 Å². The molecule has 7 heteroatoms. The van der Waals surface area contributed by atoms with Gasteiger partial charge in [0.2, 0.25) is 5.95 Å². The summed E-state index contributed by atoms with van der Waals surface area (Å²) in [7, 11) is 0. The molecule has 0 fully saturated rings. The Balaban J connectivity index is 1.67. The van der Waals surface area contributed by atoms with Gasteiger partial charge in [-0.15, -0.1) is 0 Å². The highest BCUT2D eigenvalue weighted by Gasteiger charge is 2.08. The number of rotatable bonds is 6. The van der Waals surface area contributed by atoms with E-state index in [1.165, 1.54) is 17.5 Å². The van der Waals surface area contributed by atoms with Crippen LogP contribution in [0, 0.1) is 13.8 Å². The average Bonchev–Trinajstić information content (AvgIpc) is 2.61. The molecule has 3 N–H and O–H groups in total. The molecule has 134 valence electrons. The molecule has 0 spiro atoms. The number of hydrogen-bond acceptors (Lipinski definition) is 6. The summed E-state index contributed by atoms with van der Waals surface area (Å²) in [4.78, 5) is 16.8. The Labute approximate surface area is 157 Å². The van der Waals surface area contributed by atoms with E-state index in [0.29, 0.717) is 11.0 Å². The minimum atomic E-state index is 0.258. The topological polar surface area (TPSA) is 89.6 Å². The molecule has 0 aliphatic carbocycles. The quantitative estimate of drug-likeness (QED) is 0.507. The fourth-order valence-electron chi connectivity index (χ4n) is 2.72. The van der Waals surface area contributed by atoms with Gasteiger partial charge in [0.1, 0.15) is 17.3 Å². The van der Waals surface area contributed by atoms with E-state index in [-0.39, 0.29) is 5.95 Å². The van der Waals surface area contributed by atoms with E-state index >= 15 is 0 Å². The van der Waals surface area contributed by atoms with Gasteiger partial charge in [-0.1, -0.05) is 29.8 Å². The zero-order valence-electron chi connectivity index (χ0n) is 14.8. The van der Waals surface area contributed by atoms with E-state index in [2.05, 4.69) is 45.2 Å². The fourth-order valence-corrected chi connectivity index (χ4v) is 2.89. The fraction of sp³-hybridized carbons (Fsp3) is 0.263. The lowest BCUT2D eigenvalue weighted by atomic mass is 10.0. The van der Waals surface area contributed by atoms with Crippen LogP contribution in [0.5, 0.6) is 0 Å². The first-order valence-electron chi connectivity index (χ1n) is 8.44. The van der Waals surface area contributed by atoms with Crippen molar-refractivity contribution in [2.24, 2.45) is 0 Å². The van der Waals surface area contributed by atoms with Gasteiger partial charge in [0.25, 0.3) is 0 Å². The number of nitrogens with zero attached hydrogens (tertiary/aromatic N) is 4. The first-order chi connectivity index (χ1) is 12.5. The molecular formula is C19H21ClN6. The van der Waals surface area contributed by atoms with Gasteiger partial charge in [-0.2, -0.15) is 4.98 Å².